The Kier molecular flexibility index (Phi) is 5.54. The predicted molar refractivity (Wildman–Crippen MR) is 104 cm³/mol. The number of carbonyl (C=O) groups excluding carboxylic acids is 1. The van der Waals surface area contributed by atoms with Crippen molar-refractivity contribution in [3.8, 4) is 0 Å². The molecule has 0 spiro atoms. The van der Waals surface area contributed by atoms with E-state index in [9.17, 15) is 4.79 Å². The molecule has 0 aliphatic rings. The molecule has 0 atom stereocenters. The van der Waals surface area contributed by atoms with Gasteiger partial charge in [0.25, 0.3) is 5.91 Å². The molecule has 2 aromatic carbocycles. The summed E-state index contributed by atoms with van der Waals surface area (Å²) in [6.45, 7) is 4.25. The van der Waals surface area contributed by atoms with Gasteiger partial charge in [-0.25, -0.2) is 5.43 Å². The van der Waals surface area contributed by atoms with Gasteiger partial charge in [0.15, 0.2) is 0 Å². The Labute approximate surface area is 153 Å². The molecular formula is C22H21N3O. The van der Waals surface area contributed by atoms with E-state index in [-0.39, 0.29) is 5.91 Å². The van der Waals surface area contributed by atoms with E-state index >= 15 is 0 Å². The van der Waals surface area contributed by atoms with Gasteiger partial charge in [0.05, 0.1) is 5.69 Å². The lowest BCUT2D eigenvalue weighted by Gasteiger charge is -2.08. The molecule has 3 rings (SSSR count). The molecule has 1 N–H and O–H groups in total. The molecule has 4 heteroatoms. The number of hydrazone groups is 1. The van der Waals surface area contributed by atoms with Crippen molar-refractivity contribution in [3.05, 3.63) is 101 Å². The molecular weight excluding hydrogens is 322 g/mol. The lowest BCUT2D eigenvalue weighted by Crippen LogP contribution is -2.21. The van der Waals surface area contributed by atoms with Gasteiger partial charge in [-0.05, 0) is 35.7 Å². The van der Waals surface area contributed by atoms with E-state index in [4.69, 9.17) is 0 Å². The number of rotatable bonds is 5. The van der Waals surface area contributed by atoms with Gasteiger partial charge in [-0.3, -0.25) is 9.78 Å². The smallest absolute Gasteiger partial charge is 0.267 e. The number of nitrogens with one attached hydrogen (secondary N) is 1. The minimum Gasteiger partial charge on any atom is -0.267 e. The summed E-state index contributed by atoms with van der Waals surface area (Å²) in [6.07, 6.45) is 1.71. The van der Waals surface area contributed by atoms with Gasteiger partial charge in [0, 0.05) is 17.3 Å². The van der Waals surface area contributed by atoms with E-state index < -0.39 is 0 Å². The maximum absolute atomic E-state index is 12.5. The SMILES string of the molecule is CC(C)c1ccc(C(=O)N/N=C(\c2ccccc2)c2ccccn2)cc1. The second-order valence-electron chi connectivity index (χ2n) is 6.26. The lowest BCUT2D eigenvalue weighted by atomic mass is 10.0. The molecule has 3 aromatic rings. The average Bonchev–Trinajstić information content (AvgIpc) is 2.69. The first-order chi connectivity index (χ1) is 12.6. The Hall–Kier alpha value is -3.27. The summed E-state index contributed by atoms with van der Waals surface area (Å²) in [5, 5.41) is 4.35. The zero-order valence-corrected chi connectivity index (χ0v) is 14.9. The van der Waals surface area contributed by atoms with Crippen LogP contribution in [-0.4, -0.2) is 16.6 Å². The van der Waals surface area contributed by atoms with Crippen molar-refractivity contribution in [3.63, 3.8) is 0 Å². The van der Waals surface area contributed by atoms with Crippen molar-refractivity contribution in [2.45, 2.75) is 19.8 Å². The summed E-state index contributed by atoms with van der Waals surface area (Å²) < 4.78 is 0. The largest absolute Gasteiger partial charge is 0.271 e. The number of pyridine rings is 1. The summed E-state index contributed by atoms with van der Waals surface area (Å²) >= 11 is 0. The normalized spacial score (nSPS) is 11.4. The van der Waals surface area contributed by atoms with Gasteiger partial charge in [0.1, 0.15) is 5.71 Å². The fourth-order valence-corrected chi connectivity index (χ4v) is 2.56. The van der Waals surface area contributed by atoms with E-state index in [2.05, 4.69) is 29.4 Å². The topological polar surface area (TPSA) is 54.4 Å². The van der Waals surface area contributed by atoms with Crippen molar-refractivity contribution in [1.29, 1.82) is 0 Å². The number of hydrogen-bond donors (Lipinski definition) is 1. The highest BCUT2D eigenvalue weighted by Crippen LogP contribution is 2.15. The number of carbonyl (C=O) groups is 1. The van der Waals surface area contributed by atoms with Crippen LogP contribution < -0.4 is 5.43 Å². The zero-order chi connectivity index (χ0) is 18.4. The summed E-state index contributed by atoms with van der Waals surface area (Å²) in [4.78, 5) is 16.8. The average molecular weight is 343 g/mol. The molecule has 1 amide bonds. The van der Waals surface area contributed by atoms with Crippen LogP contribution >= 0.6 is 0 Å². The number of amides is 1. The third kappa shape index (κ3) is 4.22. The summed E-state index contributed by atoms with van der Waals surface area (Å²) in [5.41, 5.74) is 6.64. The monoisotopic (exact) mass is 343 g/mol. The molecule has 4 nitrogen and oxygen atoms in total. The molecule has 0 aliphatic heterocycles. The highest BCUT2D eigenvalue weighted by atomic mass is 16.2. The summed E-state index contributed by atoms with van der Waals surface area (Å²) in [5.74, 6) is 0.184. The number of aromatic nitrogens is 1. The maximum atomic E-state index is 12.5. The van der Waals surface area contributed by atoms with Gasteiger partial charge in [-0.2, -0.15) is 5.10 Å². The van der Waals surface area contributed by atoms with Crippen molar-refractivity contribution >= 4 is 11.6 Å². The van der Waals surface area contributed by atoms with Gasteiger partial charge < -0.3 is 0 Å². The Balaban J connectivity index is 1.85. The number of nitrogens with zero attached hydrogens (tertiary/aromatic N) is 2. The van der Waals surface area contributed by atoms with Crippen molar-refractivity contribution in [1.82, 2.24) is 10.4 Å². The fourth-order valence-electron chi connectivity index (χ4n) is 2.56. The molecule has 1 aromatic heterocycles. The molecule has 0 saturated heterocycles. The van der Waals surface area contributed by atoms with Crippen LogP contribution in [0.3, 0.4) is 0 Å². The molecule has 0 fully saturated rings. The molecule has 0 radical (unpaired) electrons. The third-order valence-corrected chi connectivity index (χ3v) is 4.06. The molecule has 0 saturated carbocycles. The molecule has 26 heavy (non-hydrogen) atoms. The van der Waals surface area contributed by atoms with E-state index in [0.717, 1.165) is 5.56 Å². The molecule has 1 heterocycles. The van der Waals surface area contributed by atoms with Crippen LogP contribution in [0.1, 0.15) is 46.9 Å². The molecule has 0 aliphatic carbocycles. The van der Waals surface area contributed by atoms with E-state index in [1.54, 1.807) is 6.20 Å². The Bertz CT molecular complexity index is 844. The van der Waals surface area contributed by atoms with Crippen LogP contribution in [0, 0.1) is 0 Å². The molecule has 0 unspecified atom stereocenters. The second kappa shape index (κ2) is 8.21. The molecule has 130 valence electrons. The lowest BCUT2D eigenvalue weighted by molar-refractivity contribution is 0.0955. The van der Waals surface area contributed by atoms with Crippen LogP contribution in [0.15, 0.2) is 84.1 Å². The number of hydrogen-bond acceptors (Lipinski definition) is 3. The number of benzene rings is 2. The van der Waals surface area contributed by atoms with E-state index in [1.807, 2.05) is 72.8 Å². The first kappa shape index (κ1) is 17.5. The highest BCUT2D eigenvalue weighted by Gasteiger charge is 2.10. The van der Waals surface area contributed by atoms with Gasteiger partial charge in [-0.1, -0.05) is 62.4 Å². The highest BCUT2D eigenvalue weighted by molar-refractivity contribution is 6.12. The Morgan fingerprint density at radius 1 is 0.885 bits per heavy atom. The minimum atomic E-state index is -0.246. The second-order valence-corrected chi connectivity index (χ2v) is 6.26. The van der Waals surface area contributed by atoms with Crippen LogP contribution in [0.5, 0.6) is 0 Å². The maximum Gasteiger partial charge on any atom is 0.271 e. The third-order valence-electron chi connectivity index (χ3n) is 4.06. The van der Waals surface area contributed by atoms with Crippen molar-refractivity contribution in [2.75, 3.05) is 0 Å². The van der Waals surface area contributed by atoms with Gasteiger partial charge in [0.2, 0.25) is 0 Å². The quantitative estimate of drug-likeness (QED) is 0.552. The van der Waals surface area contributed by atoms with Crippen LogP contribution in [0.4, 0.5) is 0 Å². The first-order valence-electron chi connectivity index (χ1n) is 8.60. The first-order valence-corrected chi connectivity index (χ1v) is 8.60. The van der Waals surface area contributed by atoms with Gasteiger partial charge in [-0.15, -0.1) is 0 Å². The standard InChI is InChI=1S/C22H21N3O/c1-16(2)17-11-13-19(14-12-17)22(26)25-24-21(18-8-4-3-5-9-18)20-10-6-7-15-23-20/h3-16H,1-2H3,(H,25,26)/b24-21+. The van der Waals surface area contributed by atoms with Crippen LogP contribution in [0.2, 0.25) is 0 Å². The zero-order valence-electron chi connectivity index (χ0n) is 14.9. The van der Waals surface area contributed by atoms with E-state index in [1.165, 1.54) is 5.56 Å². The van der Waals surface area contributed by atoms with Crippen molar-refractivity contribution in [2.24, 2.45) is 5.10 Å². The van der Waals surface area contributed by atoms with Crippen molar-refractivity contribution < 1.29 is 4.79 Å². The molecule has 0 bridgehead atoms. The minimum absolute atomic E-state index is 0.246. The Morgan fingerprint density at radius 3 is 2.19 bits per heavy atom. The van der Waals surface area contributed by atoms with Crippen LogP contribution in [0.25, 0.3) is 0 Å². The van der Waals surface area contributed by atoms with E-state index in [0.29, 0.717) is 22.9 Å². The van der Waals surface area contributed by atoms with Gasteiger partial charge >= 0.3 is 0 Å². The fraction of sp³-hybridized carbons (Fsp3) is 0.136. The Morgan fingerprint density at radius 2 is 1.58 bits per heavy atom. The summed E-state index contributed by atoms with van der Waals surface area (Å²) in [7, 11) is 0. The predicted octanol–water partition coefficient (Wildman–Crippen LogP) is 4.39. The van der Waals surface area contributed by atoms with Crippen LogP contribution in [-0.2, 0) is 0 Å². The summed E-state index contributed by atoms with van der Waals surface area (Å²) in [6, 6.07) is 22.9.